The molecule has 38 heavy (non-hydrogen) atoms. The topological polar surface area (TPSA) is 161 Å². The number of aliphatic hydroxyl groups is 1. The van der Waals surface area contributed by atoms with Crippen LogP contribution in [-0.4, -0.2) is 87.3 Å². The van der Waals surface area contributed by atoms with Crippen LogP contribution in [0.2, 0.25) is 0 Å². The van der Waals surface area contributed by atoms with Crippen molar-refractivity contribution in [3.63, 3.8) is 0 Å². The molecule has 0 fully saturated rings. The zero-order chi connectivity index (χ0) is 29.2. The Hall–Kier alpha value is -4.03. The van der Waals surface area contributed by atoms with Crippen LogP contribution >= 0.6 is 0 Å². The molecule has 0 aliphatic rings. The average Bonchev–Trinajstić information content (AvgIpc) is 2.94. The van der Waals surface area contributed by atoms with Crippen LogP contribution in [0.5, 0.6) is 0 Å². The minimum Gasteiger partial charge on any atom is -0.462 e. The normalized spacial score (nSPS) is 11.6. The summed E-state index contributed by atoms with van der Waals surface area (Å²) in [6.45, 7) is 14.8. The van der Waals surface area contributed by atoms with Crippen LogP contribution in [0.1, 0.15) is 6.92 Å². The zero-order valence-corrected chi connectivity index (χ0v) is 21.4. The predicted octanol–water partition coefficient (Wildman–Crippen LogP) is 1.00. The van der Waals surface area contributed by atoms with E-state index in [9.17, 15) is 29.1 Å². The van der Waals surface area contributed by atoms with Crippen molar-refractivity contribution in [1.29, 1.82) is 0 Å². The molecule has 0 aromatic carbocycles. The van der Waals surface area contributed by atoms with E-state index in [1.54, 1.807) is 0 Å². The van der Waals surface area contributed by atoms with E-state index in [4.69, 9.17) is 28.4 Å². The van der Waals surface area contributed by atoms with E-state index in [0.29, 0.717) is 0 Å². The Labute approximate surface area is 221 Å². The van der Waals surface area contributed by atoms with Crippen LogP contribution in [0, 0.1) is 10.8 Å². The van der Waals surface area contributed by atoms with Crippen LogP contribution < -0.4 is 0 Å². The number of esters is 5. The third-order valence-corrected chi connectivity index (χ3v) is 5.17. The average molecular weight is 539 g/mol. The molecule has 0 aliphatic carbocycles. The fourth-order valence-electron chi connectivity index (χ4n) is 2.67. The summed E-state index contributed by atoms with van der Waals surface area (Å²) in [6.07, 6.45) is 3.44. The predicted molar refractivity (Wildman–Crippen MR) is 133 cm³/mol. The Balaban J connectivity index is 6.13. The van der Waals surface area contributed by atoms with Gasteiger partial charge in [0, 0.05) is 30.4 Å². The summed E-state index contributed by atoms with van der Waals surface area (Å²) >= 11 is 0. The molecule has 0 spiro atoms. The lowest BCUT2D eigenvalue weighted by Crippen LogP contribution is -2.50. The van der Waals surface area contributed by atoms with Crippen molar-refractivity contribution >= 4 is 29.8 Å². The van der Waals surface area contributed by atoms with Gasteiger partial charge < -0.3 is 33.5 Å². The Morgan fingerprint density at radius 1 is 0.632 bits per heavy atom. The fraction of sp³-hybridized carbons (Fsp3) is 0.423. The minimum atomic E-state index is -1.48. The van der Waals surface area contributed by atoms with E-state index in [-0.39, 0.29) is 13.2 Å². The van der Waals surface area contributed by atoms with Gasteiger partial charge in [-0.15, -0.1) is 0 Å². The molecule has 0 saturated carbocycles. The molecule has 210 valence electrons. The van der Waals surface area contributed by atoms with Crippen molar-refractivity contribution in [2.75, 3.05) is 46.2 Å². The van der Waals surface area contributed by atoms with Crippen molar-refractivity contribution in [2.24, 2.45) is 10.8 Å². The van der Waals surface area contributed by atoms with Gasteiger partial charge in [0.15, 0.2) is 0 Å². The summed E-state index contributed by atoms with van der Waals surface area (Å²) in [7, 11) is 0. The Bertz CT molecular complexity index is 856. The summed E-state index contributed by atoms with van der Waals surface area (Å²) in [5.74, 6) is -4.05. The number of ether oxygens (including phenoxy) is 6. The second-order valence-electron chi connectivity index (χ2n) is 8.04. The first-order valence-corrected chi connectivity index (χ1v) is 11.2. The maximum atomic E-state index is 11.9. The van der Waals surface area contributed by atoms with Crippen LogP contribution in [0.4, 0.5) is 0 Å². The molecule has 0 aromatic heterocycles. The van der Waals surface area contributed by atoms with Crippen molar-refractivity contribution in [3.8, 4) is 0 Å². The second kappa shape index (κ2) is 17.4. The van der Waals surface area contributed by atoms with E-state index in [0.717, 1.165) is 30.4 Å². The Kier molecular flexibility index (Phi) is 15.6. The van der Waals surface area contributed by atoms with Crippen LogP contribution in [0.15, 0.2) is 63.3 Å². The highest BCUT2D eigenvalue weighted by atomic mass is 16.6. The summed E-state index contributed by atoms with van der Waals surface area (Å²) in [6, 6.07) is 0. The van der Waals surface area contributed by atoms with Crippen molar-refractivity contribution in [1.82, 2.24) is 0 Å². The van der Waals surface area contributed by atoms with Gasteiger partial charge in [-0.05, 0) is 6.92 Å². The van der Waals surface area contributed by atoms with E-state index < -0.39 is 79.8 Å². The van der Waals surface area contributed by atoms with Crippen LogP contribution in [-0.2, 0) is 52.4 Å². The molecule has 12 nitrogen and oxygen atoms in total. The minimum absolute atomic E-state index is 0.382. The first kappa shape index (κ1) is 34.0. The third-order valence-electron chi connectivity index (χ3n) is 5.17. The molecule has 1 unspecified atom stereocenters. The maximum Gasteiger partial charge on any atom is 0.330 e. The lowest BCUT2D eigenvalue weighted by molar-refractivity contribution is -0.177. The van der Waals surface area contributed by atoms with Gasteiger partial charge in [0.1, 0.15) is 32.5 Å². The molecular formula is C26H34O12. The van der Waals surface area contributed by atoms with Crippen molar-refractivity contribution in [3.05, 3.63) is 63.3 Å². The van der Waals surface area contributed by atoms with Gasteiger partial charge in [-0.1, -0.05) is 32.9 Å². The van der Waals surface area contributed by atoms with Gasteiger partial charge in [-0.2, -0.15) is 0 Å². The van der Waals surface area contributed by atoms with Crippen LogP contribution in [0.3, 0.4) is 0 Å². The van der Waals surface area contributed by atoms with E-state index in [1.165, 1.54) is 6.92 Å². The summed E-state index contributed by atoms with van der Waals surface area (Å²) in [5.41, 5.74) is -2.92. The van der Waals surface area contributed by atoms with Gasteiger partial charge in [0.25, 0.3) is 0 Å². The molecule has 0 aromatic rings. The number of carbonyl (C=O) groups excluding carboxylic acids is 5. The highest BCUT2D eigenvalue weighted by Gasteiger charge is 2.43. The van der Waals surface area contributed by atoms with Crippen molar-refractivity contribution in [2.45, 2.75) is 13.0 Å². The molecule has 0 heterocycles. The van der Waals surface area contributed by atoms with Crippen LogP contribution in [0.25, 0.3) is 0 Å². The first-order chi connectivity index (χ1) is 18.0. The number of rotatable bonds is 20. The maximum absolute atomic E-state index is 11.9. The van der Waals surface area contributed by atoms with Gasteiger partial charge >= 0.3 is 29.8 Å². The van der Waals surface area contributed by atoms with E-state index in [2.05, 4.69) is 32.9 Å². The molecule has 0 saturated heterocycles. The van der Waals surface area contributed by atoms with Crippen molar-refractivity contribution < 1.29 is 57.5 Å². The molecular weight excluding hydrogens is 504 g/mol. The standard InChI is InChI=1S/C26H34O12/c1-7-20(28)34-14-25(12-27,15-35-21(29)8-2)13-33-16-26(17-36-22(30)9-3,18-37-23(31)10-4)19(6)38-24(32)11-5/h7-11,19,27H,1-5,12-18H2,6H3. The summed E-state index contributed by atoms with van der Waals surface area (Å²) in [5, 5.41) is 10.1. The zero-order valence-electron chi connectivity index (χ0n) is 21.4. The molecule has 12 heteroatoms. The molecule has 0 amide bonds. The quantitative estimate of drug-likeness (QED) is 0.133. The Morgan fingerprint density at radius 2 is 1.00 bits per heavy atom. The molecule has 1 N–H and O–H groups in total. The lowest BCUT2D eigenvalue weighted by atomic mass is 9.84. The second-order valence-corrected chi connectivity index (χ2v) is 8.04. The molecule has 0 bridgehead atoms. The van der Waals surface area contributed by atoms with Gasteiger partial charge in [0.05, 0.1) is 30.7 Å². The van der Waals surface area contributed by atoms with Gasteiger partial charge in [-0.25, -0.2) is 24.0 Å². The molecule has 0 aliphatic heterocycles. The summed E-state index contributed by atoms with van der Waals surface area (Å²) in [4.78, 5) is 58.8. The smallest absolute Gasteiger partial charge is 0.330 e. The van der Waals surface area contributed by atoms with Gasteiger partial charge in [0.2, 0.25) is 0 Å². The highest BCUT2D eigenvalue weighted by Crippen LogP contribution is 2.29. The van der Waals surface area contributed by atoms with Gasteiger partial charge in [-0.3, -0.25) is 0 Å². The first-order valence-electron chi connectivity index (χ1n) is 11.2. The largest absolute Gasteiger partial charge is 0.462 e. The number of hydrogen-bond donors (Lipinski definition) is 1. The molecule has 1 atom stereocenters. The number of hydrogen-bond acceptors (Lipinski definition) is 12. The SMILES string of the molecule is C=CC(=O)OCC(CO)(COCC(COC(=O)C=C)(COC(=O)C=C)C(C)OC(=O)C=C)COC(=O)C=C. The molecule has 0 rings (SSSR count). The molecule has 0 radical (unpaired) electrons. The summed E-state index contributed by atoms with van der Waals surface area (Å²) < 4.78 is 31.6. The third kappa shape index (κ3) is 11.8. The Morgan fingerprint density at radius 3 is 1.34 bits per heavy atom. The monoisotopic (exact) mass is 538 g/mol. The number of carbonyl (C=O) groups is 5. The fourth-order valence-corrected chi connectivity index (χ4v) is 2.67. The highest BCUT2D eigenvalue weighted by molar-refractivity contribution is 5.83. The number of aliphatic hydroxyl groups excluding tert-OH is 1. The van der Waals surface area contributed by atoms with E-state index >= 15 is 0 Å². The van der Waals surface area contributed by atoms with E-state index in [1.807, 2.05) is 0 Å². The lowest BCUT2D eigenvalue weighted by Gasteiger charge is -2.38.